The summed E-state index contributed by atoms with van der Waals surface area (Å²) < 4.78 is 40.9. The van der Waals surface area contributed by atoms with Crippen LogP contribution in [-0.4, -0.2) is 15.5 Å². The summed E-state index contributed by atoms with van der Waals surface area (Å²) in [5.41, 5.74) is 0.0856. The summed E-state index contributed by atoms with van der Waals surface area (Å²) in [5, 5.41) is 1.61. The van der Waals surface area contributed by atoms with Gasteiger partial charge in [-0.2, -0.15) is 13.2 Å². The first-order valence-corrected chi connectivity index (χ1v) is 8.34. The maximum Gasteiger partial charge on any atom is 0.425 e. The lowest BCUT2D eigenvalue weighted by Crippen LogP contribution is -2.58. The van der Waals surface area contributed by atoms with Crippen molar-refractivity contribution in [3.05, 3.63) is 35.9 Å². The molecule has 2 nitrogen and oxygen atoms in total. The fourth-order valence-corrected chi connectivity index (χ4v) is 6.31. The minimum Gasteiger partial charge on any atom is -0.321 e. The van der Waals surface area contributed by atoms with Gasteiger partial charge in [-0.15, -0.1) is 11.8 Å². The molecule has 0 aromatic heterocycles. The van der Waals surface area contributed by atoms with Crippen LogP contribution in [0.3, 0.4) is 0 Å². The Hall–Kier alpha value is -0.820. The van der Waals surface area contributed by atoms with Gasteiger partial charge in [-0.3, -0.25) is 4.79 Å². The fourth-order valence-electron chi connectivity index (χ4n) is 2.88. The van der Waals surface area contributed by atoms with Crippen molar-refractivity contribution in [2.45, 2.75) is 40.8 Å². The summed E-state index contributed by atoms with van der Waals surface area (Å²) in [4.78, 5) is 9.65. The van der Waals surface area contributed by atoms with E-state index in [1.54, 1.807) is 18.2 Å². The lowest BCUT2D eigenvalue weighted by Gasteiger charge is -2.46. The molecule has 2 fully saturated rings. The lowest BCUT2D eigenvalue weighted by molar-refractivity contribution is -0.167. The number of hydrogen-bond acceptors (Lipinski definition) is 3. The number of benzene rings is 1. The van der Waals surface area contributed by atoms with E-state index in [0.29, 0.717) is 12.8 Å². The van der Waals surface area contributed by atoms with E-state index < -0.39 is 20.4 Å². The zero-order chi connectivity index (χ0) is 15.1. The van der Waals surface area contributed by atoms with Crippen molar-refractivity contribution in [1.82, 2.24) is 5.32 Å². The van der Waals surface area contributed by atoms with Crippen molar-refractivity contribution in [2.24, 2.45) is 0 Å². The van der Waals surface area contributed by atoms with E-state index in [2.05, 4.69) is 5.32 Å². The molecule has 1 saturated heterocycles. The molecule has 21 heavy (non-hydrogen) atoms. The van der Waals surface area contributed by atoms with Crippen LogP contribution in [0.5, 0.6) is 0 Å². The predicted molar refractivity (Wildman–Crippen MR) is 79.1 cm³/mol. The average Bonchev–Trinajstić information content (AvgIpc) is 2.85. The molecule has 114 valence electrons. The Morgan fingerprint density at radius 3 is 2.29 bits per heavy atom. The Labute approximate surface area is 129 Å². The third kappa shape index (κ3) is 2.54. The van der Waals surface area contributed by atoms with Gasteiger partial charge in [0.05, 0.1) is 4.08 Å². The Balaban J connectivity index is 2.09. The Morgan fingerprint density at radius 2 is 1.71 bits per heavy atom. The van der Waals surface area contributed by atoms with Gasteiger partial charge in [0.25, 0.3) is 5.24 Å². The van der Waals surface area contributed by atoms with Crippen LogP contribution in [0.1, 0.15) is 31.2 Å². The van der Waals surface area contributed by atoms with Crippen LogP contribution < -0.4 is 5.32 Å². The summed E-state index contributed by atoms with van der Waals surface area (Å²) >= 11 is 1.88. The van der Waals surface area contributed by atoms with E-state index in [0.717, 1.165) is 36.4 Å². The van der Waals surface area contributed by atoms with E-state index >= 15 is 0 Å². The molecule has 1 saturated carbocycles. The molecule has 1 atom stereocenters. The van der Waals surface area contributed by atoms with Gasteiger partial charge in [0.1, 0.15) is 0 Å². The number of carbonyl (C=O) groups is 1. The van der Waals surface area contributed by atoms with Crippen molar-refractivity contribution in [1.29, 1.82) is 0 Å². The van der Waals surface area contributed by atoms with Gasteiger partial charge in [0.2, 0.25) is 4.87 Å². The first-order valence-electron chi connectivity index (χ1n) is 6.71. The zero-order valence-electron chi connectivity index (χ0n) is 11.1. The number of carbonyl (C=O) groups excluding carboxylic acids is 1. The van der Waals surface area contributed by atoms with Crippen LogP contribution in [0.15, 0.2) is 30.3 Å². The molecule has 1 heterocycles. The predicted octanol–water partition coefficient (Wildman–Crippen LogP) is 4.86. The van der Waals surface area contributed by atoms with Crippen molar-refractivity contribution in [2.75, 3.05) is 0 Å². The lowest BCUT2D eigenvalue weighted by atomic mass is 10.1. The van der Waals surface area contributed by atoms with Crippen molar-refractivity contribution in [3.63, 3.8) is 0 Å². The van der Waals surface area contributed by atoms with Gasteiger partial charge in [-0.05, 0) is 30.2 Å². The highest BCUT2D eigenvalue weighted by Crippen LogP contribution is 2.63. The standard InChI is InChI=1S/C14H14F3NOS2/c15-14(16,17)13(10-6-2-1-3-7-10)18-11(19)20-12(21-13)8-4-5-9-12/h1-3,6-7H,4-5,8-9H2,(H,18,19). The van der Waals surface area contributed by atoms with Crippen molar-refractivity contribution >= 4 is 28.8 Å². The molecule has 1 aliphatic heterocycles. The largest absolute Gasteiger partial charge is 0.425 e. The molecule has 1 aromatic rings. The van der Waals surface area contributed by atoms with Gasteiger partial charge >= 0.3 is 6.18 Å². The first-order chi connectivity index (χ1) is 9.87. The molecular formula is C14H14F3NOS2. The second kappa shape index (κ2) is 5.12. The van der Waals surface area contributed by atoms with E-state index in [1.165, 1.54) is 12.1 Å². The summed E-state index contributed by atoms with van der Waals surface area (Å²) in [7, 11) is 0. The Bertz CT molecular complexity index is 543. The van der Waals surface area contributed by atoms with Crippen LogP contribution in [0.25, 0.3) is 0 Å². The molecule has 1 unspecified atom stereocenters. The minimum absolute atomic E-state index is 0.0856. The summed E-state index contributed by atoms with van der Waals surface area (Å²) in [5.74, 6) is 0. The van der Waals surface area contributed by atoms with Crippen LogP contribution in [0.2, 0.25) is 0 Å². The van der Waals surface area contributed by atoms with E-state index in [-0.39, 0.29) is 5.56 Å². The van der Waals surface area contributed by atoms with Crippen molar-refractivity contribution < 1.29 is 18.0 Å². The molecule has 0 bridgehead atoms. The smallest absolute Gasteiger partial charge is 0.321 e. The molecule has 1 N–H and O–H groups in total. The van der Waals surface area contributed by atoms with E-state index in [1.807, 2.05) is 0 Å². The topological polar surface area (TPSA) is 29.1 Å². The first kappa shape index (κ1) is 15.1. The molecule has 2 aliphatic rings. The van der Waals surface area contributed by atoms with E-state index in [9.17, 15) is 18.0 Å². The highest BCUT2D eigenvalue weighted by Gasteiger charge is 2.64. The van der Waals surface area contributed by atoms with Gasteiger partial charge < -0.3 is 5.32 Å². The summed E-state index contributed by atoms with van der Waals surface area (Å²) in [6.07, 6.45) is -1.53. The zero-order valence-corrected chi connectivity index (χ0v) is 12.7. The normalized spacial score (nSPS) is 28.6. The minimum atomic E-state index is -4.55. The monoisotopic (exact) mass is 333 g/mol. The Kier molecular flexibility index (Phi) is 3.68. The van der Waals surface area contributed by atoms with Gasteiger partial charge in [-0.1, -0.05) is 43.2 Å². The highest BCUT2D eigenvalue weighted by atomic mass is 32.2. The molecule has 1 spiro atoms. The van der Waals surface area contributed by atoms with Crippen LogP contribution in [0, 0.1) is 0 Å². The number of thioether (sulfide) groups is 2. The average molecular weight is 333 g/mol. The Morgan fingerprint density at radius 1 is 1.10 bits per heavy atom. The van der Waals surface area contributed by atoms with Crippen LogP contribution >= 0.6 is 23.5 Å². The molecular weight excluding hydrogens is 319 g/mol. The number of amides is 1. The van der Waals surface area contributed by atoms with E-state index in [4.69, 9.17) is 0 Å². The van der Waals surface area contributed by atoms with Crippen LogP contribution in [0.4, 0.5) is 18.0 Å². The number of hydrogen-bond donors (Lipinski definition) is 1. The molecule has 1 aromatic carbocycles. The molecule has 1 aliphatic carbocycles. The molecule has 7 heteroatoms. The number of rotatable bonds is 1. The molecule has 0 radical (unpaired) electrons. The summed E-state index contributed by atoms with van der Waals surface area (Å²) in [6.45, 7) is 0. The fraction of sp³-hybridized carbons (Fsp3) is 0.500. The highest BCUT2D eigenvalue weighted by molar-refractivity contribution is 8.27. The number of nitrogens with one attached hydrogen (secondary N) is 1. The SMILES string of the molecule is O=C1NC(c2ccccc2)(C(F)(F)F)SC2(CCCC2)S1. The van der Waals surface area contributed by atoms with Gasteiger partial charge in [-0.25, -0.2) is 0 Å². The van der Waals surface area contributed by atoms with Crippen molar-refractivity contribution in [3.8, 4) is 0 Å². The molecule has 1 amide bonds. The second-order valence-corrected chi connectivity index (χ2v) is 8.49. The maximum absolute atomic E-state index is 13.8. The van der Waals surface area contributed by atoms with Gasteiger partial charge in [0, 0.05) is 0 Å². The maximum atomic E-state index is 13.8. The second-order valence-electron chi connectivity index (χ2n) is 5.28. The third-order valence-corrected chi connectivity index (χ3v) is 7.06. The quantitative estimate of drug-likeness (QED) is 0.795. The number of halogens is 3. The van der Waals surface area contributed by atoms with Crippen LogP contribution in [-0.2, 0) is 4.87 Å². The molecule has 3 rings (SSSR count). The summed E-state index contributed by atoms with van der Waals surface area (Å²) in [6, 6.07) is 7.67. The van der Waals surface area contributed by atoms with Gasteiger partial charge in [0.15, 0.2) is 0 Å². The number of alkyl halides is 3. The third-order valence-electron chi connectivity index (χ3n) is 3.84.